The number of amides is 1. The Kier molecular flexibility index (Phi) is 5.43. The molecule has 1 N–H and O–H groups in total. The molecule has 3 aromatic rings. The first kappa shape index (κ1) is 17.8. The molecule has 6 heteroatoms. The van der Waals surface area contributed by atoms with Crippen molar-refractivity contribution in [2.24, 2.45) is 0 Å². The number of carbonyl (C=O) groups excluding carboxylic acids is 1. The minimum atomic E-state index is -0.202. The Bertz CT molecular complexity index is 860. The van der Waals surface area contributed by atoms with E-state index in [9.17, 15) is 4.79 Å². The maximum absolute atomic E-state index is 12.5. The van der Waals surface area contributed by atoms with Crippen LogP contribution in [0.2, 0.25) is 0 Å². The van der Waals surface area contributed by atoms with Crippen LogP contribution in [0.15, 0.2) is 59.2 Å². The maximum atomic E-state index is 12.5. The van der Waals surface area contributed by atoms with Gasteiger partial charge < -0.3 is 9.73 Å². The van der Waals surface area contributed by atoms with E-state index in [0.717, 1.165) is 17.0 Å². The van der Waals surface area contributed by atoms with Crippen LogP contribution in [0.4, 0.5) is 5.82 Å². The number of hydrogen-bond acceptors (Lipinski definition) is 5. The summed E-state index contributed by atoms with van der Waals surface area (Å²) >= 11 is 0. The van der Waals surface area contributed by atoms with Gasteiger partial charge in [0, 0.05) is 12.1 Å². The monoisotopic (exact) mass is 350 g/mol. The van der Waals surface area contributed by atoms with Gasteiger partial charge >= 0.3 is 0 Å². The predicted molar refractivity (Wildman–Crippen MR) is 99.8 cm³/mol. The molecule has 0 saturated carbocycles. The number of aromatic nitrogens is 2. The van der Waals surface area contributed by atoms with E-state index in [1.807, 2.05) is 50.4 Å². The van der Waals surface area contributed by atoms with Crippen molar-refractivity contribution in [3.8, 4) is 0 Å². The number of nitrogens with zero attached hydrogens (tertiary/aromatic N) is 3. The highest BCUT2D eigenvalue weighted by atomic mass is 16.3. The van der Waals surface area contributed by atoms with Gasteiger partial charge in [-0.1, -0.05) is 12.1 Å². The van der Waals surface area contributed by atoms with Gasteiger partial charge in [-0.3, -0.25) is 9.69 Å². The highest BCUT2D eigenvalue weighted by Gasteiger charge is 2.15. The van der Waals surface area contributed by atoms with Crippen molar-refractivity contribution in [2.45, 2.75) is 26.4 Å². The van der Waals surface area contributed by atoms with Crippen molar-refractivity contribution in [1.82, 2.24) is 15.1 Å². The fourth-order valence-electron chi connectivity index (χ4n) is 2.64. The van der Waals surface area contributed by atoms with Crippen LogP contribution in [-0.4, -0.2) is 28.1 Å². The summed E-state index contributed by atoms with van der Waals surface area (Å²) in [6, 6.07) is 15.1. The lowest BCUT2D eigenvalue weighted by atomic mass is 10.1. The summed E-state index contributed by atoms with van der Waals surface area (Å²) in [5, 5.41) is 10.7. The molecule has 0 saturated heterocycles. The van der Waals surface area contributed by atoms with Gasteiger partial charge in [-0.15, -0.1) is 5.10 Å². The smallest absolute Gasteiger partial charge is 0.256 e. The van der Waals surface area contributed by atoms with Gasteiger partial charge in [0.1, 0.15) is 5.76 Å². The van der Waals surface area contributed by atoms with Crippen LogP contribution in [0.1, 0.15) is 40.3 Å². The molecule has 0 radical (unpaired) electrons. The molecule has 3 rings (SSSR count). The second-order valence-electron chi connectivity index (χ2n) is 6.32. The maximum Gasteiger partial charge on any atom is 0.256 e. The molecule has 2 heterocycles. The fourth-order valence-corrected chi connectivity index (χ4v) is 2.64. The molecule has 2 aromatic heterocycles. The SMILES string of the molecule is Cc1ccc(NC(=O)c2cccc(CN(C)[C@@H](C)c3ccco3)c2)nn1. The van der Waals surface area contributed by atoms with Crippen LogP contribution >= 0.6 is 0 Å². The van der Waals surface area contributed by atoms with Crippen LogP contribution in [0.5, 0.6) is 0 Å². The molecule has 134 valence electrons. The fraction of sp³-hybridized carbons (Fsp3) is 0.250. The minimum absolute atomic E-state index is 0.144. The lowest BCUT2D eigenvalue weighted by Gasteiger charge is -2.23. The number of aryl methyl sites for hydroxylation is 1. The van der Waals surface area contributed by atoms with E-state index in [4.69, 9.17) is 4.42 Å². The van der Waals surface area contributed by atoms with Gasteiger partial charge in [0.05, 0.1) is 18.0 Å². The van der Waals surface area contributed by atoms with Crippen molar-refractivity contribution >= 4 is 11.7 Å². The van der Waals surface area contributed by atoms with Crippen LogP contribution < -0.4 is 5.32 Å². The highest BCUT2D eigenvalue weighted by Crippen LogP contribution is 2.21. The first-order valence-corrected chi connectivity index (χ1v) is 8.47. The molecule has 0 aliphatic rings. The lowest BCUT2D eigenvalue weighted by molar-refractivity contribution is 0.102. The van der Waals surface area contributed by atoms with Crippen molar-refractivity contribution in [3.63, 3.8) is 0 Å². The third-order valence-corrected chi connectivity index (χ3v) is 4.28. The zero-order valence-corrected chi connectivity index (χ0v) is 15.1. The highest BCUT2D eigenvalue weighted by molar-refractivity contribution is 6.03. The predicted octanol–water partition coefficient (Wildman–Crippen LogP) is 3.82. The Morgan fingerprint density at radius 1 is 1.19 bits per heavy atom. The number of hydrogen-bond donors (Lipinski definition) is 1. The van der Waals surface area contributed by atoms with Gasteiger partial charge in [-0.25, -0.2) is 0 Å². The summed E-state index contributed by atoms with van der Waals surface area (Å²) < 4.78 is 5.47. The average Bonchev–Trinajstić information content (AvgIpc) is 3.18. The average molecular weight is 350 g/mol. The van der Waals surface area contributed by atoms with Gasteiger partial charge in [0.25, 0.3) is 5.91 Å². The van der Waals surface area contributed by atoms with Crippen molar-refractivity contribution in [3.05, 3.63) is 77.4 Å². The molecule has 0 aliphatic heterocycles. The first-order chi connectivity index (χ1) is 12.5. The Balaban J connectivity index is 1.67. The number of rotatable bonds is 6. The number of carbonyl (C=O) groups is 1. The molecule has 1 aromatic carbocycles. The molecule has 26 heavy (non-hydrogen) atoms. The molecule has 0 unspecified atom stereocenters. The van der Waals surface area contributed by atoms with Crippen LogP contribution in [-0.2, 0) is 6.54 Å². The summed E-state index contributed by atoms with van der Waals surface area (Å²) in [6.07, 6.45) is 1.68. The molecular formula is C20H22N4O2. The largest absolute Gasteiger partial charge is 0.468 e. The van der Waals surface area contributed by atoms with Gasteiger partial charge in [0.2, 0.25) is 0 Å². The van der Waals surface area contributed by atoms with Crippen molar-refractivity contribution < 1.29 is 9.21 Å². The Hall–Kier alpha value is -2.99. The lowest BCUT2D eigenvalue weighted by Crippen LogP contribution is -2.22. The quantitative estimate of drug-likeness (QED) is 0.732. The molecule has 6 nitrogen and oxygen atoms in total. The summed E-state index contributed by atoms with van der Waals surface area (Å²) in [7, 11) is 2.03. The second-order valence-corrected chi connectivity index (χ2v) is 6.32. The second kappa shape index (κ2) is 7.93. The molecule has 1 atom stereocenters. The molecule has 0 bridgehead atoms. The van der Waals surface area contributed by atoms with Crippen LogP contribution in [0.25, 0.3) is 0 Å². The topological polar surface area (TPSA) is 71.3 Å². The van der Waals surface area contributed by atoms with E-state index >= 15 is 0 Å². The molecule has 0 spiro atoms. The summed E-state index contributed by atoms with van der Waals surface area (Å²) in [6.45, 7) is 4.64. The van der Waals surface area contributed by atoms with Crippen LogP contribution in [0, 0.1) is 6.92 Å². The zero-order valence-electron chi connectivity index (χ0n) is 15.1. The van der Waals surface area contributed by atoms with Crippen molar-refractivity contribution in [1.29, 1.82) is 0 Å². The van der Waals surface area contributed by atoms with Crippen LogP contribution in [0.3, 0.4) is 0 Å². The van der Waals surface area contributed by atoms with Gasteiger partial charge in [0.15, 0.2) is 5.82 Å². The third kappa shape index (κ3) is 4.34. The van der Waals surface area contributed by atoms with E-state index in [0.29, 0.717) is 17.9 Å². The summed E-state index contributed by atoms with van der Waals surface area (Å²) in [5.41, 5.74) is 2.44. The van der Waals surface area contributed by atoms with E-state index in [1.54, 1.807) is 18.4 Å². The molecule has 0 aliphatic carbocycles. The van der Waals surface area contributed by atoms with E-state index in [2.05, 4.69) is 27.3 Å². The van der Waals surface area contributed by atoms with E-state index in [1.165, 1.54) is 0 Å². The zero-order chi connectivity index (χ0) is 18.5. The molecular weight excluding hydrogens is 328 g/mol. The summed E-state index contributed by atoms with van der Waals surface area (Å²) in [4.78, 5) is 14.6. The number of nitrogens with one attached hydrogen (secondary N) is 1. The third-order valence-electron chi connectivity index (χ3n) is 4.28. The molecule has 0 fully saturated rings. The van der Waals surface area contributed by atoms with E-state index < -0.39 is 0 Å². The Morgan fingerprint density at radius 3 is 2.73 bits per heavy atom. The van der Waals surface area contributed by atoms with E-state index in [-0.39, 0.29) is 11.9 Å². The Morgan fingerprint density at radius 2 is 2.04 bits per heavy atom. The van der Waals surface area contributed by atoms with Crippen molar-refractivity contribution in [2.75, 3.05) is 12.4 Å². The first-order valence-electron chi connectivity index (χ1n) is 8.47. The summed E-state index contributed by atoms with van der Waals surface area (Å²) in [5.74, 6) is 1.15. The standard InChI is InChI=1S/C20H22N4O2/c1-14-9-10-19(23-22-14)21-20(25)17-7-4-6-16(12-17)13-24(3)15(2)18-8-5-11-26-18/h4-12,15H,13H2,1-3H3,(H,21,23,25)/t15-/m0/s1. The molecule has 1 amide bonds. The number of benzene rings is 1. The van der Waals surface area contributed by atoms with Gasteiger partial charge in [-0.2, -0.15) is 5.10 Å². The number of furan rings is 1. The number of anilines is 1. The van der Waals surface area contributed by atoms with Gasteiger partial charge in [-0.05, 0) is 62.9 Å². The normalized spacial score (nSPS) is 12.2. The Labute approximate surface area is 152 Å². The minimum Gasteiger partial charge on any atom is -0.468 e.